The number of carbonyl (C=O) groups is 1. The maximum absolute atomic E-state index is 11.1. The van der Waals surface area contributed by atoms with E-state index in [1.54, 1.807) is 0 Å². The van der Waals surface area contributed by atoms with Gasteiger partial charge in [-0.1, -0.05) is 12.2 Å². The molecule has 0 radical (unpaired) electrons. The number of ether oxygens (including phenoxy) is 1. The van der Waals surface area contributed by atoms with Crippen LogP contribution in [0.4, 0.5) is 4.79 Å². The van der Waals surface area contributed by atoms with Crippen LogP contribution in [-0.2, 0) is 4.74 Å². The number of carbonyl (C=O) groups excluding carboxylic acids is 1. The fourth-order valence-corrected chi connectivity index (χ4v) is 0.912. The van der Waals surface area contributed by atoms with Crippen molar-refractivity contribution in [1.82, 2.24) is 5.32 Å². The zero-order chi connectivity index (χ0) is 11.2. The SMILES string of the molecule is CC(C)(C)OC(=O)NCCCC(N)=S. The van der Waals surface area contributed by atoms with Gasteiger partial charge >= 0.3 is 6.09 Å². The number of hydrogen-bond donors (Lipinski definition) is 2. The molecule has 0 heterocycles. The smallest absolute Gasteiger partial charge is 0.407 e. The van der Waals surface area contributed by atoms with Gasteiger partial charge in [0.15, 0.2) is 0 Å². The third-order valence-corrected chi connectivity index (χ3v) is 1.47. The van der Waals surface area contributed by atoms with Gasteiger partial charge in [0, 0.05) is 6.54 Å². The predicted molar refractivity (Wildman–Crippen MR) is 60.3 cm³/mol. The van der Waals surface area contributed by atoms with Crippen LogP contribution >= 0.6 is 12.2 Å². The predicted octanol–water partition coefficient (Wildman–Crippen LogP) is 1.58. The molecule has 3 N–H and O–H groups in total. The minimum absolute atomic E-state index is 0.402. The average Bonchev–Trinajstić information content (AvgIpc) is 1.94. The van der Waals surface area contributed by atoms with Crippen molar-refractivity contribution in [3.8, 4) is 0 Å². The van der Waals surface area contributed by atoms with Crippen LogP contribution < -0.4 is 11.1 Å². The molecular formula is C9H18N2O2S. The maximum atomic E-state index is 11.1. The van der Waals surface area contributed by atoms with Crippen molar-refractivity contribution in [2.45, 2.75) is 39.2 Å². The molecule has 0 fully saturated rings. The van der Waals surface area contributed by atoms with E-state index >= 15 is 0 Å². The summed E-state index contributed by atoms with van der Waals surface area (Å²) >= 11 is 4.70. The molecule has 0 rings (SSSR count). The average molecular weight is 218 g/mol. The number of rotatable bonds is 4. The lowest BCUT2D eigenvalue weighted by Crippen LogP contribution is -2.33. The summed E-state index contributed by atoms with van der Waals surface area (Å²) in [6.07, 6.45) is 0.986. The van der Waals surface area contributed by atoms with E-state index < -0.39 is 11.7 Å². The summed E-state index contributed by atoms with van der Waals surface area (Å²) < 4.78 is 5.03. The topological polar surface area (TPSA) is 64.3 Å². The second kappa shape index (κ2) is 5.80. The standard InChI is InChI=1S/C9H18N2O2S/c1-9(2,3)13-8(12)11-6-4-5-7(10)14/h4-6H2,1-3H3,(H2,10,14)(H,11,12). The van der Waals surface area contributed by atoms with Gasteiger partial charge < -0.3 is 15.8 Å². The second-order valence-corrected chi connectivity index (χ2v) is 4.52. The van der Waals surface area contributed by atoms with Gasteiger partial charge in [0.2, 0.25) is 0 Å². The van der Waals surface area contributed by atoms with Crippen LogP contribution in [0.1, 0.15) is 33.6 Å². The molecule has 0 aromatic heterocycles. The molecule has 0 spiro atoms. The van der Waals surface area contributed by atoms with Crippen molar-refractivity contribution in [1.29, 1.82) is 0 Å². The fourth-order valence-electron chi connectivity index (χ4n) is 0.767. The molecule has 0 aliphatic carbocycles. The third-order valence-electron chi connectivity index (χ3n) is 1.27. The van der Waals surface area contributed by atoms with E-state index in [1.807, 2.05) is 20.8 Å². The van der Waals surface area contributed by atoms with Crippen molar-refractivity contribution in [2.75, 3.05) is 6.54 Å². The fraction of sp³-hybridized carbons (Fsp3) is 0.778. The molecule has 0 aliphatic rings. The van der Waals surface area contributed by atoms with E-state index in [-0.39, 0.29) is 0 Å². The van der Waals surface area contributed by atoms with E-state index in [1.165, 1.54) is 0 Å². The number of amides is 1. The van der Waals surface area contributed by atoms with Crippen molar-refractivity contribution in [2.24, 2.45) is 5.73 Å². The first kappa shape index (κ1) is 13.2. The first-order chi connectivity index (χ1) is 6.31. The second-order valence-electron chi connectivity index (χ2n) is 4.00. The van der Waals surface area contributed by atoms with Crippen molar-refractivity contribution in [3.63, 3.8) is 0 Å². The van der Waals surface area contributed by atoms with Crippen molar-refractivity contribution < 1.29 is 9.53 Å². The molecule has 1 amide bonds. The molecule has 0 aromatic carbocycles. The summed E-state index contributed by atoms with van der Waals surface area (Å²) in [5.41, 5.74) is 4.85. The first-order valence-corrected chi connectivity index (χ1v) is 4.97. The minimum Gasteiger partial charge on any atom is -0.444 e. The van der Waals surface area contributed by atoms with Crippen LogP contribution in [-0.4, -0.2) is 23.2 Å². The van der Waals surface area contributed by atoms with Gasteiger partial charge in [0.05, 0.1) is 4.99 Å². The highest BCUT2D eigenvalue weighted by Gasteiger charge is 2.15. The lowest BCUT2D eigenvalue weighted by molar-refractivity contribution is 0.0527. The van der Waals surface area contributed by atoms with Gasteiger partial charge in [-0.15, -0.1) is 0 Å². The van der Waals surface area contributed by atoms with Crippen LogP contribution in [0.5, 0.6) is 0 Å². The van der Waals surface area contributed by atoms with Crippen LogP contribution in [0, 0.1) is 0 Å². The molecule has 0 atom stereocenters. The zero-order valence-corrected chi connectivity index (χ0v) is 9.74. The van der Waals surface area contributed by atoms with Gasteiger partial charge in [-0.05, 0) is 33.6 Å². The summed E-state index contributed by atoms with van der Waals surface area (Å²) in [5, 5.41) is 2.62. The summed E-state index contributed by atoms with van der Waals surface area (Å²) in [5.74, 6) is 0. The van der Waals surface area contributed by atoms with E-state index in [2.05, 4.69) is 5.32 Å². The summed E-state index contributed by atoms with van der Waals surface area (Å²) in [6, 6.07) is 0. The molecule has 0 aliphatic heterocycles. The van der Waals surface area contributed by atoms with E-state index in [4.69, 9.17) is 22.7 Å². The molecule has 0 saturated heterocycles. The number of thiocarbonyl (C=S) groups is 1. The third kappa shape index (κ3) is 9.25. The summed E-state index contributed by atoms with van der Waals surface area (Å²) in [4.78, 5) is 11.6. The van der Waals surface area contributed by atoms with Crippen molar-refractivity contribution in [3.05, 3.63) is 0 Å². The van der Waals surface area contributed by atoms with E-state index in [0.29, 0.717) is 18.0 Å². The molecule has 5 heteroatoms. The van der Waals surface area contributed by atoms with Crippen molar-refractivity contribution >= 4 is 23.3 Å². The number of alkyl carbamates (subject to hydrolysis) is 1. The van der Waals surface area contributed by atoms with Gasteiger partial charge in [-0.25, -0.2) is 4.79 Å². The Labute approximate surface area is 90.2 Å². The highest BCUT2D eigenvalue weighted by atomic mass is 32.1. The highest BCUT2D eigenvalue weighted by Crippen LogP contribution is 2.06. The Morgan fingerprint density at radius 1 is 1.50 bits per heavy atom. The number of hydrogen-bond acceptors (Lipinski definition) is 3. The Balaban J connectivity index is 3.50. The van der Waals surface area contributed by atoms with E-state index in [9.17, 15) is 4.79 Å². The van der Waals surface area contributed by atoms with Gasteiger partial charge in [-0.3, -0.25) is 0 Å². The van der Waals surface area contributed by atoms with Crippen LogP contribution in [0.2, 0.25) is 0 Å². The van der Waals surface area contributed by atoms with Crippen LogP contribution in [0.3, 0.4) is 0 Å². The number of nitrogens with two attached hydrogens (primary N) is 1. The lowest BCUT2D eigenvalue weighted by Gasteiger charge is -2.19. The van der Waals surface area contributed by atoms with Crippen LogP contribution in [0.25, 0.3) is 0 Å². The van der Waals surface area contributed by atoms with Gasteiger partial charge in [0.25, 0.3) is 0 Å². The van der Waals surface area contributed by atoms with E-state index in [0.717, 1.165) is 6.42 Å². The summed E-state index contributed by atoms with van der Waals surface area (Å²) in [6.45, 7) is 6.00. The molecule has 0 unspecified atom stereocenters. The monoisotopic (exact) mass is 218 g/mol. The minimum atomic E-state index is -0.451. The molecule has 82 valence electrons. The molecule has 14 heavy (non-hydrogen) atoms. The van der Waals surface area contributed by atoms with Gasteiger partial charge in [0.1, 0.15) is 5.60 Å². The summed E-state index contributed by atoms with van der Waals surface area (Å²) in [7, 11) is 0. The molecular weight excluding hydrogens is 200 g/mol. The Morgan fingerprint density at radius 2 is 2.07 bits per heavy atom. The maximum Gasteiger partial charge on any atom is 0.407 e. The highest BCUT2D eigenvalue weighted by molar-refractivity contribution is 7.80. The zero-order valence-electron chi connectivity index (χ0n) is 8.92. The molecule has 0 aromatic rings. The van der Waals surface area contributed by atoms with Gasteiger partial charge in [-0.2, -0.15) is 0 Å². The Morgan fingerprint density at radius 3 is 2.50 bits per heavy atom. The first-order valence-electron chi connectivity index (χ1n) is 4.56. The largest absolute Gasteiger partial charge is 0.444 e. The quantitative estimate of drug-likeness (QED) is 0.555. The normalized spacial score (nSPS) is 10.8. The Bertz CT molecular complexity index is 211. The van der Waals surface area contributed by atoms with Crippen LogP contribution in [0.15, 0.2) is 0 Å². The Hall–Kier alpha value is -0.840. The molecule has 4 nitrogen and oxygen atoms in total. The Kier molecular flexibility index (Phi) is 5.45. The lowest BCUT2D eigenvalue weighted by atomic mass is 10.2. The molecule has 0 saturated carbocycles. The molecule has 0 bridgehead atoms. The number of nitrogens with one attached hydrogen (secondary N) is 1.